The number of halogens is 1. The topological polar surface area (TPSA) is 9.23 Å². The molecule has 0 spiro atoms. The molecule has 1 nitrogen and oxygen atoms in total. The summed E-state index contributed by atoms with van der Waals surface area (Å²) in [6.07, 6.45) is 0.741. The highest BCUT2D eigenvalue weighted by Crippen LogP contribution is 2.32. The molecule has 0 aromatic rings. The van der Waals surface area contributed by atoms with Crippen molar-refractivity contribution >= 4 is 7.85 Å². The van der Waals surface area contributed by atoms with Crippen LogP contribution < -0.4 is 0 Å². The van der Waals surface area contributed by atoms with Crippen molar-refractivity contribution in [2.45, 2.75) is 25.8 Å². The van der Waals surface area contributed by atoms with Crippen LogP contribution in [0.3, 0.4) is 0 Å². The number of alkyl halides is 1. The van der Waals surface area contributed by atoms with Crippen LogP contribution in [0.1, 0.15) is 20.3 Å². The predicted molar refractivity (Wildman–Crippen MR) is 43.4 cm³/mol. The zero-order chi connectivity index (χ0) is 8.48. The fourth-order valence-electron chi connectivity index (χ4n) is 1.67. The van der Waals surface area contributed by atoms with Gasteiger partial charge in [0.05, 0.1) is 12.2 Å². The van der Waals surface area contributed by atoms with Crippen LogP contribution in [0.25, 0.3) is 0 Å². The van der Waals surface area contributed by atoms with Gasteiger partial charge in [0.1, 0.15) is 7.85 Å². The molecule has 0 aromatic carbocycles. The normalized spacial score (nSPS) is 39.5. The maximum absolute atomic E-state index is 13.4. The molecule has 2 radical (unpaired) electrons. The summed E-state index contributed by atoms with van der Waals surface area (Å²) >= 11 is 0. The van der Waals surface area contributed by atoms with E-state index in [-0.39, 0.29) is 12.5 Å². The molecule has 1 fully saturated rings. The Kier molecular flexibility index (Phi) is 2.58. The van der Waals surface area contributed by atoms with Crippen molar-refractivity contribution in [3.05, 3.63) is 0 Å². The molecule has 1 rings (SSSR count). The van der Waals surface area contributed by atoms with Crippen molar-refractivity contribution in [1.29, 1.82) is 0 Å². The molecule has 2 unspecified atom stereocenters. The van der Waals surface area contributed by atoms with Gasteiger partial charge in [-0.2, -0.15) is 0 Å². The summed E-state index contributed by atoms with van der Waals surface area (Å²) in [7, 11) is 5.43. The zero-order valence-corrected chi connectivity index (χ0v) is 7.14. The highest BCUT2D eigenvalue weighted by atomic mass is 19.1. The van der Waals surface area contributed by atoms with Crippen LogP contribution in [-0.4, -0.2) is 26.6 Å². The molecule has 0 aromatic heterocycles. The average Bonchev–Trinajstić information content (AvgIpc) is 1.85. The van der Waals surface area contributed by atoms with E-state index in [2.05, 4.69) is 0 Å². The molecule has 0 saturated carbocycles. The smallest absolute Gasteiger partial charge is 0.124 e. The lowest BCUT2D eigenvalue weighted by atomic mass is 9.67. The maximum Gasteiger partial charge on any atom is 0.124 e. The van der Waals surface area contributed by atoms with Crippen LogP contribution >= 0.6 is 0 Å². The SMILES string of the molecule is [B]C1(F)COCCC1C(C)C. The molecular weight excluding hydrogens is 142 g/mol. The van der Waals surface area contributed by atoms with Crippen molar-refractivity contribution < 1.29 is 9.13 Å². The lowest BCUT2D eigenvalue weighted by molar-refractivity contribution is -0.0404. The summed E-state index contributed by atoms with van der Waals surface area (Å²) < 4.78 is 18.4. The molecule has 3 heteroatoms. The van der Waals surface area contributed by atoms with Gasteiger partial charge < -0.3 is 4.74 Å². The molecule has 0 aliphatic carbocycles. The van der Waals surface area contributed by atoms with Gasteiger partial charge in [-0.1, -0.05) is 13.8 Å². The Labute approximate surface area is 68.7 Å². The quantitative estimate of drug-likeness (QED) is 0.523. The number of hydrogen-bond acceptors (Lipinski definition) is 1. The number of hydrogen-bond donors (Lipinski definition) is 0. The van der Waals surface area contributed by atoms with E-state index >= 15 is 0 Å². The standard InChI is InChI=1S/C8H14BFO/c1-6(2)7-3-4-11-5-8(7,9)10/h6-7H,3-5H2,1-2H3. The fraction of sp³-hybridized carbons (Fsp3) is 1.00. The largest absolute Gasteiger partial charge is 0.379 e. The van der Waals surface area contributed by atoms with Gasteiger partial charge in [-0.3, -0.25) is 4.39 Å². The van der Waals surface area contributed by atoms with Crippen LogP contribution in [0, 0.1) is 11.8 Å². The van der Waals surface area contributed by atoms with E-state index in [1.165, 1.54) is 0 Å². The molecule has 2 atom stereocenters. The minimum atomic E-state index is -1.60. The lowest BCUT2D eigenvalue weighted by Gasteiger charge is -2.37. The van der Waals surface area contributed by atoms with E-state index in [4.69, 9.17) is 12.6 Å². The fourth-order valence-corrected chi connectivity index (χ4v) is 1.67. The highest BCUT2D eigenvalue weighted by Gasteiger charge is 2.38. The van der Waals surface area contributed by atoms with E-state index in [0.29, 0.717) is 12.5 Å². The Morgan fingerprint density at radius 2 is 2.27 bits per heavy atom. The Bertz CT molecular complexity index is 136. The summed E-state index contributed by atoms with van der Waals surface area (Å²) in [6, 6.07) is 0. The van der Waals surface area contributed by atoms with Gasteiger partial charge in [0.25, 0.3) is 0 Å². The first-order chi connectivity index (χ1) is 5.04. The molecule has 1 heterocycles. The van der Waals surface area contributed by atoms with E-state index < -0.39 is 5.57 Å². The van der Waals surface area contributed by atoms with Gasteiger partial charge >= 0.3 is 0 Å². The summed E-state index contributed by atoms with van der Waals surface area (Å²) in [4.78, 5) is 0. The summed E-state index contributed by atoms with van der Waals surface area (Å²) in [5.74, 6) is 0.255. The van der Waals surface area contributed by atoms with Crippen LogP contribution in [0.4, 0.5) is 4.39 Å². The van der Waals surface area contributed by atoms with Crippen molar-refractivity contribution in [3.63, 3.8) is 0 Å². The third-order valence-corrected chi connectivity index (χ3v) is 2.32. The Morgan fingerprint density at radius 1 is 1.64 bits per heavy atom. The van der Waals surface area contributed by atoms with Crippen LogP contribution in [0.15, 0.2) is 0 Å². The average molecular weight is 156 g/mol. The molecule has 1 saturated heterocycles. The van der Waals surface area contributed by atoms with Crippen molar-refractivity contribution in [2.75, 3.05) is 13.2 Å². The third-order valence-electron chi connectivity index (χ3n) is 2.32. The second-order valence-electron chi connectivity index (χ2n) is 3.62. The molecular formula is C8H14BFO. The van der Waals surface area contributed by atoms with Crippen LogP contribution in [0.2, 0.25) is 0 Å². The lowest BCUT2D eigenvalue weighted by Crippen LogP contribution is -2.45. The van der Waals surface area contributed by atoms with Crippen LogP contribution in [-0.2, 0) is 4.74 Å². The summed E-state index contributed by atoms with van der Waals surface area (Å²) in [5, 5.41) is 0. The van der Waals surface area contributed by atoms with Gasteiger partial charge in [-0.15, -0.1) is 0 Å². The zero-order valence-electron chi connectivity index (χ0n) is 7.14. The van der Waals surface area contributed by atoms with E-state index in [9.17, 15) is 4.39 Å². The highest BCUT2D eigenvalue weighted by molar-refractivity contribution is 6.14. The molecule has 0 amide bonds. The molecule has 1 aliphatic heterocycles. The Morgan fingerprint density at radius 3 is 2.64 bits per heavy atom. The van der Waals surface area contributed by atoms with E-state index in [1.54, 1.807) is 0 Å². The first-order valence-electron chi connectivity index (χ1n) is 4.09. The number of rotatable bonds is 1. The monoisotopic (exact) mass is 156 g/mol. The molecule has 0 bridgehead atoms. The van der Waals surface area contributed by atoms with E-state index in [0.717, 1.165) is 6.42 Å². The summed E-state index contributed by atoms with van der Waals surface area (Å²) in [5.41, 5.74) is -1.60. The molecule has 0 N–H and O–H groups in total. The van der Waals surface area contributed by atoms with Crippen molar-refractivity contribution in [3.8, 4) is 0 Å². The summed E-state index contributed by atoms with van der Waals surface area (Å²) in [6.45, 7) is 4.69. The number of ether oxygens (including phenoxy) is 1. The second-order valence-corrected chi connectivity index (χ2v) is 3.62. The van der Waals surface area contributed by atoms with Gasteiger partial charge in [-0.05, 0) is 18.3 Å². The Hall–Kier alpha value is -0.0451. The van der Waals surface area contributed by atoms with Gasteiger partial charge in [0.2, 0.25) is 0 Å². The van der Waals surface area contributed by atoms with Gasteiger partial charge in [-0.25, -0.2) is 0 Å². The second kappa shape index (κ2) is 3.14. The van der Waals surface area contributed by atoms with Crippen molar-refractivity contribution in [1.82, 2.24) is 0 Å². The minimum Gasteiger partial charge on any atom is -0.379 e. The van der Waals surface area contributed by atoms with Crippen LogP contribution in [0.5, 0.6) is 0 Å². The van der Waals surface area contributed by atoms with E-state index in [1.807, 2.05) is 13.8 Å². The molecule has 1 aliphatic rings. The molecule has 11 heavy (non-hydrogen) atoms. The van der Waals surface area contributed by atoms with Gasteiger partial charge in [0.15, 0.2) is 0 Å². The minimum absolute atomic E-state index is 0.0451. The first-order valence-corrected chi connectivity index (χ1v) is 4.09. The first kappa shape index (κ1) is 9.05. The van der Waals surface area contributed by atoms with Gasteiger partial charge in [0, 0.05) is 6.61 Å². The Balaban J connectivity index is 2.60. The third kappa shape index (κ3) is 1.95. The molecule has 62 valence electrons. The maximum atomic E-state index is 13.4. The van der Waals surface area contributed by atoms with Crippen molar-refractivity contribution in [2.24, 2.45) is 11.8 Å². The predicted octanol–water partition coefficient (Wildman–Crippen LogP) is 1.51.